The molecule has 0 unspecified atom stereocenters. The number of hydrogen-bond donors (Lipinski definition) is 0. The van der Waals surface area contributed by atoms with E-state index < -0.39 is 9.84 Å². The molecule has 6 nitrogen and oxygen atoms in total. The predicted octanol–water partition coefficient (Wildman–Crippen LogP) is 3.01. The first-order valence-corrected chi connectivity index (χ1v) is 10.3. The Morgan fingerprint density at radius 2 is 1.92 bits per heavy atom. The Morgan fingerprint density at radius 1 is 1.12 bits per heavy atom. The van der Waals surface area contributed by atoms with Crippen LogP contribution in [0.3, 0.4) is 0 Å². The van der Waals surface area contributed by atoms with Gasteiger partial charge in [-0.15, -0.1) is 11.3 Å². The lowest BCUT2D eigenvalue weighted by atomic mass is 10.2. The third kappa shape index (κ3) is 3.18. The number of nitrogens with zero attached hydrogens (tertiary/aromatic N) is 4. The van der Waals surface area contributed by atoms with Gasteiger partial charge in [-0.2, -0.15) is 5.10 Å². The van der Waals surface area contributed by atoms with Gasteiger partial charge in [-0.3, -0.25) is 0 Å². The van der Waals surface area contributed by atoms with Crippen molar-refractivity contribution < 1.29 is 8.42 Å². The van der Waals surface area contributed by atoms with Crippen molar-refractivity contribution in [1.82, 2.24) is 19.7 Å². The van der Waals surface area contributed by atoms with Gasteiger partial charge in [-0.25, -0.2) is 23.1 Å². The molecule has 4 aromatic rings. The zero-order chi connectivity index (χ0) is 17.4. The molecule has 126 valence electrons. The number of rotatable bonds is 4. The van der Waals surface area contributed by atoms with Gasteiger partial charge in [-0.05, 0) is 23.6 Å². The lowest BCUT2D eigenvalue weighted by Gasteiger charge is -2.04. The van der Waals surface area contributed by atoms with Crippen LogP contribution in [0.4, 0.5) is 0 Å². The largest absolute Gasteiger partial charge is 0.249 e. The highest BCUT2D eigenvalue weighted by atomic mass is 32.2. The van der Waals surface area contributed by atoms with Gasteiger partial charge in [0.25, 0.3) is 0 Å². The van der Waals surface area contributed by atoms with E-state index in [1.807, 2.05) is 16.1 Å². The topological polar surface area (TPSA) is 77.7 Å². The van der Waals surface area contributed by atoms with Crippen LogP contribution in [0.2, 0.25) is 0 Å². The van der Waals surface area contributed by atoms with Crippen molar-refractivity contribution in [2.75, 3.05) is 6.26 Å². The molecule has 3 aromatic heterocycles. The maximum Gasteiger partial charge on any atom is 0.177 e. The summed E-state index contributed by atoms with van der Waals surface area (Å²) < 4.78 is 25.0. The van der Waals surface area contributed by atoms with Crippen LogP contribution in [-0.2, 0) is 16.4 Å². The Balaban J connectivity index is 1.73. The molecular formula is C17H14N4O2S2. The lowest BCUT2D eigenvalue weighted by Crippen LogP contribution is -2.02. The normalized spacial score (nSPS) is 11.9. The fourth-order valence-electron chi connectivity index (χ4n) is 2.53. The fraction of sp³-hybridized carbons (Fsp3) is 0.118. The third-order valence-electron chi connectivity index (χ3n) is 3.81. The van der Waals surface area contributed by atoms with Gasteiger partial charge in [0.2, 0.25) is 0 Å². The number of fused-ring (bicyclic) bond motifs is 1. The molecule has 0 atom stereocenters. The summed E-state index contributed by atoms with van der Waals surface area (Å²) in [6, 6.07) is 10.7. The molecule has 0 aliphatic rings. The van der Waals surface area contributed by atoms with Crippen LogP contribution in [0, 0.1) is 0 Å². The second-order valence-corrected chi connectivity index (χ2v) is 8.69. The standard InChI is InChI=1S/C17H14N4O2S2/c1-25(22,23)14-6-4-12(5-7-14)15-9-18-16-10-19-21(17(16)20-15)11-13-3-2-8-24-13/h2-10H,11H2,1H3. The maximum atomic E-state index is 11.6. The van der Waals surface area contributed by atoms with Gasteiger partial charge < -0.3 is 0 Å². The fourth-order valence-corrected chi connectivity index (χ4v) is 3.84. The summed E-state index contributed by atoms with van der Waals surface area (Å²) in [4.78, 5) is 10.6. The Hall–Kier alpha value is -2.58. The van der Waals surface area contributed by atoms with Crippen molar-refractivity contribution in [3.8, 4) is 11.3 Å². The van der Waals surface area contributed by atoms with E-state index in [0.29, 0.717) is 17.9 Å². The van der Waals surface area contributed by atoms with Crippen molar-refractivity contribution >= 4 is 32.3 Å². The minimum Gasteiger partial charge on any atom is -0.249 e. The molecule has 0 aliphatic heterocycles. The molecule has 0 N–H and O–H groups in total. The zero-order valence-electron chi connectivity index (χ0n) is 13.3. The summed E-state index contributed by atoms with van der Waals surface area (Å²) in [6.07, 6.45) is 4.57. The Bertz CT molecular complexity index is 1130. The van der Waals surface area contributed by atoms with E-state index in [1.165, 1.54) is 11.1 Å². The number of sulfone groups is 1. The minimum atomic E-state index is -3.21. The highest BCUT2D eigenvalue weighted by molar-refractivity contribution is 7.90. The first kappa shape index (κ1) is 15.9. The van der Waals surface area contributed by atoms with Crippen molar-refractivity contribution in [3.05, 3.63) is 59.0 Å². The second kappa shape index (κ2) is 6.05. The molecular weight excluding hydrogens is 356 g/mol. The summed E-state index contributed by atoms with van der Waals surface area (Å²) in [7, 11) is -3.21. The summed E-state index contributed by atoms with van der Waals surface area (Å²) in [6.45, 7) is 0.645. The average Bonchev–Trinajstić information content (AvgIpc) is 3.24. The molecule has 0 saturated carbocycles. The van der Waals surface area contributed by atoms with Gasteiger partial charge in [-0.1, -0.05) is 18.2 Å². The molecule has 3 heterocycles. The van der Waals surface area contributed by atoms with Gasteiger partial charge >= 0.3 is 0 Å². The number of hydrogen-bond acceptors (Lipinski definition) is 6. The van der Waals surface area contributed by atoms with E-state index in [1.54, 1.807) is 48.0 Å². The van der Waals surface area contributed by atoms with Crippen molar-refractivity contribution in [3.63, 3.8) is 0 Å². The minimum absolute atomic E-state index is 0.285. The highest BCUT2D eigenvalue weighted by Crippen LogP contribution is 2.22. The van der Waals surface area contributed by atoms with Crippen LogP contribution in [0.15, 0.2) is 59.1 Å². The summed E-state index contributed by atoms with van der Waals surface area (Å²) >= 11 is 1.67. The van der Waals surface area contributed by atoms with E-state index in [0.717, 1.165) is 11.1 Å². The monoisotopic (exact) mass is 370 g/mol. The Morgan fingerprint density at radius 3 is 2.60 bits per heavy atom. The first-order chi connectivity index (χ1) is 12.0. The van der Waals surface area contributed by atoms with Crippen molar-refractivity contribution in [2.24, 2.45) is 0 Å². The lowest BCUT2D eigenvalue weighted by molar-refractivity contribution is 0.602. The van der Waals surface area contributed by atoms with E-state index in [2.05, 4.69) is 21.1 Å². The van der Waals surface area contributed by atoms with Crippen LogP contribution >= 0.6 is 11.3 Å². The molecule has 1 aromatic carbocycles. The van der Waals surface area contributed by atoms with Crippen molar-refractivity contribution in [1.29, 1.82) is 0 Å². The van der Waals surface area contributed by atoms with Gasteiger partial charge in [0.15, 0.2) is 15.5 Å². The predicted molar refractivity (Wildman–Crippen MR) is 97.3 cm³/mol. The Labute approximate surface area is 148 Å². The van der Waals surface area contributed by atoms with E-state index >= 15 is 0 Å². The van der Waals surface area contributed by atoms with E-state index in [-0.39, 0.29) is 4.90 Å². The molecule has 0 radical (unpaired) electrons. The molecule has 4 rings (SSSR count). The molecule has 25 heavy (non-hydrogen) atoms. The Kier molecular flexibility index (Phi) is 3.85. The third-order valence-corrected chi connectivity index (χ3v) is 5.80. The molecule has 0 saturated heterocycles. The second-order valence-electron chi connectivity index (χ2n) is 5.64. The van der Waals surface area contributed by atoms with Gasteiger partial charge in [0.05, 0.1) is 29.5 Å². The SMILES string of the molecule is CS(=O)(=O)c1ccc(-c2cnc3cnn(Cc4cccs4)c3n2)cc1. The van der Waals surface area contributed by atoms with Gasteiger partial charge in [0.1, 0.15) is 5.52 Å². The number of thiophene rings is 1. The first-order valence-electron chi connectivity index (χ1n) is 7.52. The van der Waals surface area contributed by atoms with E-state index in [9.17, 15) is 8.42 Å². The molecule has 0 aliphatic carbocycles. The van der Waals surface area contributed by atoms with E-state index in [4.69, 9.17) is 0 Å². The van der Waals surface area contributed by atoms with Crippen LogP contribution in [0.1, 0.15) is 4.88 Å². The molecule has 0 bridgehead atoms. The van der Waals surface area contributed by atoms with Crippen LogP contribution < -0.4 is 0 Å². The summed E-state index contributed by atoms with van der Waals surface area (Å²) in [5.41, 5.74) is 2.93. The number of benzene rings is 1. The van der Waals surface area contributed by atoms with Crippen LogP contribution in [0.25, 0.3) is 22.4 Å². The molecule has 0 fully saturated rings. The van der Waals surface area contributed by atoms with Crippen LogP contribution in [-0.4, -0.2) is 34.4 Å². The molecule has 0 amide bonds. The molecule has 0 spiro atoms. The smallest absolute Gasteiger partial charge is 0.177 e. The molecule has 8 heteroatoms. The maximum absolute atomic E-state index is 11.6. The quantitative estimate of drug-likeness (QED) is 0.552. The number of aromatic nitrogens is 4. The van der Waals surface area contributed by atoms with Gasteiger partial charge in [0, 0.05) is 16.7 Å². The van der Waals surface area contributed by atoms with Crippen LogP contribution in [0.5, 0.6) is 0 Å². The highest BCUT2D eigenvalue weighted by Gasteiger charge is 2.11. The summed E-state index contributed by atoms with van der Waals surface area (Å²) in [5.74, 6) is 0. The van der Waals surface area contributed by atoms with Crippen molar-refractivity contribution in [2.45, 2.75) is 11.4 Å². The average molecular weight is 370 g/mol. The zero-order valence-corrected chi connectivity index (χ0v) is 15.0. The summed E-state index contributed by atoms with van der Waals surface area (Å²) in [5, 5.41) is 6.40.